The average Bonchev–Trinajstić information content (AvgIpc) is 2.08. The molecule has 0 aliphatic rings. The average molecular weight is 325 g/mol. The predicted molar refractivity (Wildman–Crippen MR) is 60.8 cm³/mol. The summed E-state index contributed by atoms with van der Waals surface area (Å²) in [6.07, 6.45) is 0. The zero-order valence-electron chi connectivity index (χ0n) is 7.08. The highest BCUT2D eigenvalue weighted by Gasteiger charge is 2.18. The minimum absolute atomic E-state index is 0.0828. The van der Waals surface area contributed by atoms with E-state index in [9.17, 15) is 14.9 Å². The van der Waals surface area contributed by atoms with Gasteiger partial charge in [-0.2, -0.15) is 0 Å². The number of nitrogens with zero attached hydrogens (tertiary/aromatic N) is 1. The highest BCUT2D eigenvalue weighted by Crippen LogP contribution is 2.31. The van der Waals surface area contributed by atoms with Crippen LogP contribution in [0.3, 0.4) is 0 Å². The largest absolute Gasteiger partial charge is 0.294 e. The lowest BCUT2D eigenvalue weighted by atomic mass is 10.1. The van der Waals surface area contributed by atoms with Crippen molar-refractivity contribution in [3.05, 3.63) is 36.4 Å². The summed E-state index contributed by atoms with van der Waals surface area (Å²) >= 11 is 7.56. The van der Waals surface area contributed by atoms with Gasteiger partial charge >= 0.3 is 0 Å². The minimum Gasteiger partial charge on any atom is -0.294 e. The number of hydrogen-bond acceptors (Lipinski definition) is 3. The molecule has 0 radical (unpaired) electrons. The Morgan fingerprint density at radius 3 is 2.57 bits per heavy atom. The van der Waals surface area contributed by atoms with Crippen LogP contribution in [-0.4, -0.2) is 10.7 Å². The van der Waals surface area contributed by atoms with Gasteiger partial charge in [0.2, 0.25) is 0 Å². The van der Waals surface area contributed by atoms with Crippen molar-refractivity contribution in [1.29, 1.82) is 0 Å². The molecule has 0 aliphatic carbocycles. The Morgan fingerprint density at radius 1 is 1.57 bits per heavy atom. The van der Waals surface area contributed by atoms with Crippen molar-refractivity contribution < 1.29 is 9.72 Å². The van der Waals surface area contributed by atoms with Crippen LogP contribution in [0, 0.1) is 13.7 Å². The molecule has 74 valence electrons. The van der Waals surface area contributed by atoms with Crippen molar-refractivity contribution in [1.82, 2.24) is 0 Å². The molecule has 0 aliphatic heterocycles. The van der Waals surface area contributed by atoms with Crippen molar-refractivity contribution in [2.24, 2.45) is 0 Å². The van der Waals surface area contributed by atoms with Crippen molar-refractivity contribution in [3.63, 3.8) is 0 Å². The molecule has 0 bridgehead atoms. The minimum atomic E-state index is -0.530. The van der Waals surface area contributed by atoms with E-state index in [1.807, 2.05) is 0 Å². The first-order chi connectivity index (χ1) is 6.45. The predicted octanol–water partition coefficient (Wildman–Crippen LogP) is 3.06. The second-order valence-corrected chi connectivity index (χ2v) is 4.03. The number of halogens is 2. The third-order valence-electron chi connectivity index (χ3n) is 1.64. The Balaban J connectivity index is 3.41. The van der Waals surface area contributed by atoms with E-state index in [2.05, 4.69) is 0 Å². The van der Waals surface area contributed by atoms with E-state index in [0.29, 0.717) is 9.13 Å². The van der Waals surface area contributed by atoms with Gasteiger partial charge in [-0.25, -0.2) is 0 Å². The molecular weight excluding hydrogens is 320 g/mol. The Morgan fingerprint density at radius 2 is 2.14 bits per heavy atom. The molecule has 1 aromatic carbocycles. The molecule has 0 fully saturated rings. The molecule has 0 saturated heterocycles. The number of hydrogen-bond donors (Lipinski definition) is 0. The number of ketones is 1. The van der Waals surface area contributed by atoms with Crippen LogP contribution in [-0.2, 0) is 0 Å². The fraction of sp³-hybridized carbons (Fsp3) is 0.125. The molecule has 14 heavy (non-hydrogen) atoms. The van der Waals surface area contributed by atoms with Crippen LogP contribution in [0.15, 0.2) is 12.1 Å². The van der Waals surface area contributed by atoms with Gasteiger partial charge < -0.3 is 0 Å². The highest BCUT2D eigenvalue weighted by atomic mass is 127. The van der Waals surface area contributed by atoms with Crippen LogP contribution in [0.25, 0.3) is 0 Å². The zero-order valence-corrected chi connectivity index (χ0v) is 10.00. The van der Waals surface area contributed by atoms with Gasteiger partial charge in [0.1, 0.15) is 3.57 Å². The normalized spacial score (nSPS) is 9.93. The van der Waals surface area contributed by atoms with E-state index in [4.69, 9.17) is 11.6 Å². The van der Waals surface area contributed by atoms with E-state index in [1.54, 1.807) is 22.6 Å². The van der Waals surface area contributed by atoms with E-state index < -0.39 is 4.92 Å². The molecule has 0 N–H and O–H groups in total. The summed E-state index contributed by atoms with van der Waals surface area (Å²) in [5.74, 6) is -0.206. The quantitative estimate of drug-likeness (QED) is 0.363. The summed E-state index contributed by atoms with van der Waals surface area (Å²) in [5.41, 5.74) is 0.224. The fourth-order valence-corrected chi connectivity index (χ4v) is 1.91. The summed E-state index contributed by atoms with van der Waals surface area (Å²) in [6, 6.07) is 2.65. The molecule has 0 atom stereocenters. The van der Waals surface area contributed by atoms with Crippen molar-refractivity contribution in [2.75, 3.05) is 0 Å². The van der Waals surface area contributed by atoms with E-state index >= 15 is 0 Å². The van der Waals surface area contributed by atoms with Gasteiger partial charge in [-0.1, -0.05) is 11.6 Å². The first-order valence-electron chi connectivity index (χ1n) is 3.58. The molecule has 4 nitrogen and oxygen atoms in total. The van der Waals surface area contributed by atoms with Gasteiger partial charge in [-0.05, 0) is 35.6 Å². The van der Waals surface area contributed by atoms with Crippen LogP contribution in [0.4, 0.5) is 5.69 Å². The molecule has 0 unspecified atom stereocenters. The first-order valence-corrected chi connectivity index (χ1v) is 5.04. The maximum absolute atomic E-state index is 11.0. The van der Waals surface area contributed by atoms with Crippen LogP contribution >= 0.6 is 34.2 Å². The summed E-state index contributed by atoms with van der Waals surface area (Å²) < 4.78 is 0.293. The monoisotopic (exact) mass is 325 g/mol. The lowest BCUT2D eigenvalue weighted by molar-refractivity contribution is -0.385. The molecular formula is C8H5ClINO3. The first kappa shape index (κ1) is 11.4. The third kappa shape index (κ3) is 2.03. The highest BCUT2D eigenvalue weighted by molar-refractivity contribution is 14.1. The SMILES string of the molecule is CC(=O)c1ccc([N+](=O)[O-])c(I)c1Cl. The summed E-state index contributed by atoms with van der Waals surface area (Å²) in [7, 11) is 0. The van der Waals surface area contributed by atoms with E-state index in [1.165, 1.54) is 19.1 Å². The Labute approximate surface area is 98.5 Å². The number of carbonyl (C=O) groups excluding carboxylic acids is 1. The van der Waals surface area contributed by atoms with Gasteiger partial charge in [0, 0.05) is 11.6 Å². The Kier molecular flexibility index (Phi) is 3.43. The van der Waals surface area contributed by atoms with Gasteiger partial charge in [0.15, 0.2) is 5.78 Å². The van der Waals surface area contributed by atoms with Crippen LogP contribution in [0.2, 0.25) is 5.02 Å². The molecule has 6 heteroatoms. The Bertz CT molecular complexity index is 380. The van der Waals surface area contributed by atoms with Gasteiger partial charge in [0.05, 0.1) is 9.95 Å². The maximum Gasteiger partial charge on any atom is 0.284 e. The molecule has 0 saturated carbocycles. The van der Waals surface area contributed by atoms with Gasteiger partial charge in [-0.3, -0.25) is 14.9 Å². The number of benzene rings is 1. The third-order valence-corrected chi connectivity index (χ3v) is 3.44. The number of Topliss-reactive ketones (excluding diaryl/α,β-unsaturated/α-hetero) is 1. The fourth-order valence-electron chi connectivity index (χ4n) is 0.952. The maximum atomic E-state index is 11.0. The van der Waals surface area contributed by atoms with Crippen molar-refractivity contribution in [2.45, 2.75) is 6.92 Å². The Hall–Kier alpha value is -0.690. The molecule has 0 spiro atoms. The number of carbonyl (C=O) groups is 1. The lowest BCUT2D eigenvalue weighted by Gasteiger charge is -2.02. The number of rotatable bonds is 2. The van der Waals surface area contributed by atoms with Crippen molar-refractivity contribution >= 4 is 45.7 Å². The van der Waals surface area contributed by atoms with Crippen LogP contribution in [0.5, 0.6) is 0 Å². The summed E-state index contributed by atoms with van der Waals surface area (Å²) in [6.45, 7) is 1.36. The zero-order chi connectivity index (χ0) is 10.9. The second kappa shape index (κ2) is 4.22. The second-order valence-electron chi connectivity index (χ2n) is 2.57. The van der Waals surface area contributed by atoms with Crippen LogP contribution < -0.4 is 0 Å². The summed E-state index contributed by atoms with van der Waals surface area (Å²) in [4.78, 5) is 21.0. The molecule has 1 aromatic rings. The van der Waals surface area contributed by atoms with Gasteiger partial charge in [0.25, 0.3) is 5.69 Å². The molecule has 0 heterocycles. The standard InChI is InChI=1S/C8H5ClINO3/c1-4(12)5-2-3-6(11(13)14)8(10)7(5)9/h2-3H,1H3. The molecule has 0 amide bonds. The smallest absolute Gasteiger partial charge is 0.284 e. The lowest BCUT2D eigenvalue weighted by Crippen LogP contribution is -1.98. The summed E-state index contributed by atoms with van der Waals surface area (Å²) in [5, 5.41) is 10.7. The van der Waals surface area contributed by atoms with Gasteiger partial charge in [-0.15, -0.1) is 0 Å². The van der Waals surface area contributed by atoms with E-state index in [-0.39, 0.29) is 16.5 Å². The molecule has 1 rings (SSSR count). The number of nitro benzene ring substituents is 1. The van der Waals surface area contributed by atoms with Crippen molar-refractivity contribution in [3.8, 4) is 0 Å². The van der Waals surface area contributed by atoms with Crippen LogP contribution in [0.1, 0.15) is 17.3 Å². The molecule has 0 aromatic heterocycles. The topological polar surface area (TPSA) is 60.2 Å². The van der Waals surface area contributed by atoms with E-state index in [0.717, 1.165) is 0 Å². The number of nitro groups is 1.